The van der Waals surface area contributed by atoms with Crippen molar-refractivity contribution in [1.29, 1.82) is 0 Å². The van der Waals surface area contributed by atoms with Gasteiger partial charge in [0.1, 0.15) is 0 Å². The summed E-state index contributed by atoms with van der Waals surface area (Å²) in [5.41, 5.74) is 3.32. The van der Waals surface area contributed by atoms with E-state index in [1.165, 1.54) is 12.0 Å². The molecule has 2 heterocycles. The number of aromatic nitrogens is 3. The number of thioether (sulfide) groups is 1. The minimum atomic E-state index is 0.703. The predicted octanol–water partition coefficient (Wildman–Crippen LogP) is 2.70. The molecule has 0 saturated heterocycles. The standard InChI is InChI=1S/C14H20N4S/c1-11(19-2)5-7-16-9-13-10-17-18-14(13)12-4-3-6-15-8-12/h3-4,6,8,10-11,16H,5,7,9H2,1-2H3,(H,17,18). The van der Waals surface area contributed by atoms with Gasteiger partial charge < -0.3 is 5.32 Å². The zero-order chi connectivity index (χ0) is 13.5. The molecule has 0 aliphatic rings. The van der Waals surface area contributed by atoms with E-state index in [4.69, 9.17) is 0 Å². The Bertz CT molecular complexity index is 483. The van der Waals surface area contributed by atoms with Gasteiger partial charge in [-0.3, -0.25) is 10.1 Å². The van der Waals surface area contributed by atoms with Crippen LogP contribution in [0.4, 0.5) is 0 Å². The first-order valence-corrected chi connectivity index (χ1v) is 7.76. The Morgan fingerprint density at radius 1 is 1.42 bits per heavy atom. The van der Waals surface area contributed by atoms with E-state index in [-0.39, 0.29) is 0 Å². The van der Waals surface area contributed by atoms with Crippen LogP contribution in [0.3, 0.4) is 0 Å². The van der Waals surface area contributed by atoms with Crippen LogP contribution in [-0.2, 0) is 6.54 Å². The molecule has 0 amide bonds. The second-order valence-electron chi connectivity index (χ2n) is 4.52. The molecule has 0 bridgehead atoms. The number of nitrogens with zero attached hydrogens (tertiary/aromatic N) is 2. The van der Waals surface area contributed by atoms with Crippen LogP contribution in [0.25, 0.3) is 11.3 Å². The maximum absolute atomic E-state index is 4.14. The first-order chi connectivity index (χ1) is 9.31. The summed E-state index contributed by atoms with van der Waals surface area (Å²) in [6, 6.07) is 3.98. The smallest absolute Gasteiger partial charge is 0.0710 e. The van der Waals surface area contributed by atoms with Crippen molar-refractivity contribution in [2.24, 2.45) is 0 Å². The van der Waals surface area contributed by atoms with E-state index in [1.54, 1.807) is 6.20 Å². The Balaban J connectivity index is 1.90. The van der Waals surface area contributed by atoms with Crippen molar-refractivity contribution in [2.75, 3.05) is 12.8 Å². The summed E-state index contributed by atoms with van der Waals surface area (Å²) in [5, 5.41) is 11.4. The molecule has 2 aromatic heterocycles. The maximum Gasteiger partial charge on any atom is 0.0710 e. The average Bonchev–Trinajstić information content (AvgIpc) is 2.92. The van der Waals surface area contributed by atoms with Gasteiger partial charge in [0.15, 0.2) is 0 Å². The third-order valence-corrected chi connectivity index (χ3v) is 4.15. The van der Waals surface area contributed by atoms with E-state index in [2.05, 4.69) is 33.7 Å². The minimum Gasteiger partial charge on any atom is -0.312 e. The molecule has 2 rings (SSSR count). The molecular formula is C14H20N4S. The van der Waals surface area contributed by atoms with Gasteiger partial charge in [-0.25, -0.2) is 0 Å². The van der Waals surface area contributed by atoms with Gasteiger partial charge >= 0.3 is 0 Å². The summed E-state index contributed by atoms with van der Waals surface area (Å²) in [6.07, 6.45) is 8.85. The molecule has 1 atom stereocenters. The van der Waals surface area contributed by atoms with Crippen LogP contribution in [0.1, 0.15) is 18.9 Å². The third-order valence-electron chi connectivity index (χ3n) is 3.11. The van der Waals surface area contributed by atoms with Crippen LogP contribution < -0.4 is 5.32 Å². The highest BCUT2D eigenvalue weighted by Gasteiger charge is 2.07. The molecule has 19 heavy (non-hydrogen) atoms. The molecule has 0 aliphatic heterocycles. The van der Waals surface area contributed by atoms with Crippen LogP contribution in [0.15, 0.2) is 30.7 Å². The highest BCUT2D eigenvalue weighted by molar-refractivity contribution is 7.99. The SMILES string of the molecule is CSC(C)CCNCc1cn[nH]c1-c1cccnc1. The number of aromatic amines is 1. The highest BCUT2D eigenvalue weighted by Crippen LogP contribution is 2.19. The van der Waals surface area contributed by atoms with Crippen molar-refractivity contribution < 1.29 is 0 Å². The summed E-state index contributed by atoms with van der Waals surface area (Å²) < 4.78 is 0. The molecule has 0 fully saturated rings. The molecule has 0 radical (unpaired) electrons. The molecule has 102 valence electrons. The lowest BCUT2D eigenvalue weighted by Gasteiger charge is -2.09. The summed E-state index contributed by atoms with van der Waals surface area (Å²) >= 11 is 1.91. The molecule has 1 unspecified atom stereocenters. The third kappa shape index (κ3) is 4.08. The van der Waals surface area contributed by atoms with Crippen LogP contribution in [0, 0.1) is 0 Å². The van der Waals surface area contributed by atoms with Crippen molar-refractivity contribution >= 4 is 11.8 Å². The average molecular weight is 276 g/mol. The Hall–Kier alpha value is -1.33. The zero-order valence-electron chi connectivity index (χ0n) is 11.4. The summed E-state index contributed by atoms with van der Waals surface area (Å²) in [4.78, 5) is 4.14. The molecular weight excluding hydrogens is 256 g/mol. The molecule has 0 spiro atoms. The van der Waals surface area contributed by atoms with Gasteiger partial charge in [-0.2, -0.15) is 16.9 Å². The lowest BCUT2D eigenvalue weighted by molar-refractivity contribution is 0.649. The fourth-order valence-corrected chi connectivity index (χ4v) is 2.21. The lowest BCUT2D eigenvalue weighted by Crippen LogP contribution is -2.17. The lowest BCUT2D eigenvalue weighted by atomic mass is 10.1. The number of H-pyrrole nitrogens is 1. The van der Waals surface area contributed by atoms with E-state index in [0.717, 1.165) is 24.3 Å². The molecule has 0 aromatic carbocycles. The molecule has 2 aromatic rings. The Kier molecular flexibility index (Phi) is 5.42. The van der Waals surface area contributed by atoms with Crippen LogP contribution in [0.2, 0.25) is 0 Å². The minimum absolute atomic E-state index is 0.703. The topological polar surface area (TPSA) is 53.6 Å². The predicted molar refractivity (Wildman–Crippen MR) is 81.1 cm³/mol. The van der Waals surface area contributed by atoms with E-state index < -0.39 is 0 Å². The van der Waals surface area contributed by atoms with E-state index in [0.29, 0.717) is 5.25 Å². The Morgan fingerprint density at radius 3 is 3.05 bits per heavy atom. The van der Waals surface area contributed by atoms with Gasteiger partial charge in [0.05, 0.1) is 11.9 Å². The van der Waals surface area contributed by atoms with E-state index >= 15 is 0 Å². The van der Waals surface area contributed by atoms with Crippen molar-refractivity contribution in [3.8, 4) is 11.3 Å². The van der Waals surface area contributed by atoms with Crippen LogP contribution in [0.5, 0.6) is 0 Å². The number of hydrogen-bond acceptors (Lipinski definition) is 4. The normalized spacial score (nSPS) is 12.5. The molecule has 5 heteroatoms. The summed E-state index contributed by atoms with van der Waals surface area (Å²) in [5.74, 6) is 0. The van der Waals surface area contributed by atoms with Gasteiger partial charge in [-0.05, 0) is 31.4 Å². The van der Waals surface area contributed by atoms with Crippen molar-refractivity contribution in [3.63, 3.8) is 0 Å². The van der Waals surface area contributed by atoms with E-state index in [9.17, 15) is 0 Å². The molecule has 2 N–H and O–H groups in total. The largest absolute Gasteiger partial charge is 0.312 e. The number of hydrogen-bond donors (Lipinski definition) is 2. The summed E-state index contributed by atoms with van der Waals surface area (Å²) in [7, 11) is 0. The highest BCUT2D eigenvalue weighted by atomic mass is 32.2. The van der Waals surface area contributed by atoms with Gasteiger partial charge in [0.2, 0.25) is 0 Å². The first kappa shape index (κ1) is 14.1. The molecule has 4 nitrogen and oxygen atoms in total. The van der Waals surface area contributed by atoms with Crippen molar-refractivity contribution in [2.45, 2.75) is 25.1 Å². The van der Waals surface area contributed by atoms with Gasteiger partial charge in [-0.1, -0.05) is 6.92 Å². The Morgan fingerprint density at radius 2 is 2.32 bits per heavy atom. The van der Waals surface area contributed by atoms with Crippen LogP contribution in [-0.4, -0.2) is 33.2 Å². The second-order valence-corrected chi connectivity index (χ2v) is 5.80. The quantitative estimate of drug-likeness (QED) is 0.764. The molecule has 0 aliphatic carbocycles. The first-order valence-electron chi connectivity index (χ1n) is 6.47. The monoisotopic (exact) mass is 276 g/mol. The van der Waals surface area contributed by atoms with Crippen molar-refractivity contribution in [3.05, 3.63) is 36.3 Å². The zero-order valence-corrected chi connectivity index (χ0v) is 12.2. The summed E-state index contributed by atoms with van der Waals surface area (Å²) in [6.45, 7) is 4.12. The Labute approximate surface area is 118 Å². The number of nitrogens with one attached hydrogen (secondary N) is 2. The van der Waals surface area contributed by atoms with Gasteiger partial charge in [-0.15, -0.1) is 0 Å². The van der Waals surface area contributed by atoms with Gasteiger partial charge in [0, 0.05) is 35.3 Å². The fraction of sp³-hybridized carbons (Fsp3) is 0.429. The molecule has 0 saturated carbocycles. The number of pyridine rings is 1. The number of rotatable bonds is 7. The second kappa shape index (κ2) is 7.31. The van der Waals surface area contributed by atoms with Crippen molar-refractivity contribution in [1.82, 2.24) is 20.5 Å². The van der Waals surface area contributed by atoms with E-state index in [1.807, 2.05) is 36.3 Å². The fourth-order valence-electron chi connectivity index (χ4n) is 1.85. The van der Waals surface area contributed by atoms with Crippen LogP contribution >= 0.6 is 11.8 Å². The van der Waals surface area contributed by atoms with Gasteiger partial charge in [0.25, 0.3) is 0 Å². The maximum atomic E-state index is 4.14.